The Hall–Kier alpha value is -1.14. The van der Waals surface area contributed by atoms with Gasteiger partial charge in [-0.05, 0) is 25.3 Å². The highest BCUT2D eigenvalue weighted by Gasteiger charge is 2.59. The summed E-state index contributed by atoms with van der Waals surface area (Å²) in [6.07, 6.45) is 11.1. The normalized spacial score (nSPS) is 32.8. The first-order valence-electron chi connectivity index (χ1n) is 10.7. The number of aliphatic hydroxyl groups is 2. The lowest BCUT2D eigenvalue weighted by Gasteiger charge is -2.49. The van der Waals surface area contributed by atoms with Gasteiger partial charge in [-0.25, -0.2) is 0 Å². The number of Topliss-reactive ketones (excluding diaryl/α,β-unsaturated/α-hetero) is 1. The van der Waals surface area contributed by atoms with E-state index in [1.807, 2.05) is 6.92 Å². The van der Waals surface area contributed by atoms with Gasteiger partial charge in [0.1, 0.15) is 11.0 Å². The topological polar surface area (TPSA) is 86.6 Å². The second kappa shape index (κ2) is 10.4. The van der Waals surface area contributed by atoms with Crippen molar-refractivity contribution in [2.75, 3.05) is 0 Å². The fraction of sp³-hybridized carbons (Fsp3) is 0.652. The number of nitrogens with one attached hydrogen (secondary N) is 1. The molecule has 5 atom stereocenters. The van der Waals surface area contributed by atoms with Gasteiger partial charge < -0.3 is 15.5 Å². The zero-order chi connectivity index (χ0) is 22.5. The van der Waals surface area contributed by atoms with E-state index >= 15 is 0 Å². The molecule has 0 heterocycles. The lowest BCUT2D eigenvalue weighted by molar-refractivity contribution is -0.132. The Kier molecular flexibility index (Phi) is 8.75. The van der Waals surface area contributed by atoms with Gasteiger partial charge in [-0.15, -0.1) is 11.6 Å². The molecule has 1 saturated carbocycles. The van der Waals surface area contributed by atoms with Crippen LogP contribution in [0.5, 0.6) is 0 Å². The molecule has 168 valence electrons. The standard InChI is InChI=1S/C23H33Cl2NO4/c1-4-5-6-7-8-15(2)11-16(3)9-10-19(27)26-18-13-22(30)12-17(24)20(28)23(25,14-22)21(18)29/h9-12,15,18,21,29-30H,4-8,13-14H2,1-3H3,(H,26,27)/b10-9+,16-11+/t15-,18+,21+,22-,23+/m1/s1. The summed E-state index contributed by atoms with van der Waals surface area (Å²) >= 11 is 12.2. The third-order valence-corrected chi connectivity index (χ3v) is 6.67. The van der Waals surface area contributed by atoms with Crippen molar-refractivity contribution >= 4 is 34.9 Å². The molecule has 0 unspecified atom stereocenters. The number of fused-ring (bicyclic) bond motifs is 2. The highest BCUT2D eigenvalue weighted by atomic mass is 35.5. The largest absolute Gasteiger partial charge is 0.389 e. The second-order valence-corrected chi connectivity index (χ2v) is 9.88. The van der Waals surface area contributed by atoms with Crippen molar-refractivity contribution < 1.29 is 19.8 Å². The Bertz CT molecular complexity index is 747. The van der Waals surface area contributed by atoms with Crippen molar-refractivity contribution in [2.45, 2.75) is 88.3 Å². The van der Waals surface area contributed by atoms with Gasteiger partial charge in [0, 0.05) is 18.9 Å². The number of rotatable bonds is 9. The van der Waals surface area contributed by atoms with E-state index in [4.69, 9.17) is 23.2 Å². The van der Waals surface area contributed by atoms with E-state index in [9.17, 15) is 19.8 Å². The van der Waals surface area contributed by atoms with Gasteiger partial charge in [-0.3, -0.25) is 9.59 Å². The number of halogens is 2. The average molecular weight is 458 g/mol. The minimum atomic E-state index is -1.75. The Balaban J connectivity index is 1.96. The molecule has 30 heavy (non-hydrogen) atoms. The molecule has 2 rings (SSSR count). The molecule has 3 N–H and O–H groups in total. The van der Waals surface area contributed by atoms with Crippen LogP contribution in [0.25, 0.3) is 0 Å². The number of amides is 1. The van der Waals surface area contributed by atoms with Crippen LogP contribution in [-0.2, 0) is 9.59 Å². The summed E-state index contributed by atoms with van der Waals surface area (Å²) in [5, 5.41) is 23.8. The molecular weight excluding hydrogens is 425 g/mol. The second-order valence-electron chi connectivity index (χ2n) is 8.80. The molecular formula is C23H33Cl2NO4. The molecule has 0 aromatic heterocycles. The molecule has 0 spiro atoms. The third kappa shape index (κ3) is 6.19. The number of carbonyl (C=O) groups excluding carboxylic acids is 2. The average Bonchev–Trinajstić information content (AvgIpc) is 2.66. The number of hydrogen-bond donors (Lipinski definition) is 3. The zero-order valence-electron chi connectivity index (χ0n) is 18.0. The van der Waals surface area contributed by atoms with Crippen molar-refractivity contribution in [1.29, 1.82) is 0 Å². The van der Waals surface area contributed by atoms with E-state index in [2.05, 4.69) is 25.2 Å². The third-order valence-electron chi connectivity index (χ3n) is 5.86. The Morgan fingerprint density at radius 1 is 1.37 bits per heavy atom. The summed E-state index contributed by atoms with van der Waals surface area (Å²) in [6, 6.07) is -0.870. The summed E-state index contributed by atoms with van der Waals surface area (Å²) in [4.78, 5) is 23.0. The van der Waals surface area contributed by atoms with Crippen LogP contribution in [0.2, 0.25) is 0 Å². The predicted molar refractivity (Wildman–Crippen MR) is 120 cm³/mol. The van der Waals surface area contributed by atoms with Crippen molar-refractivity contribution in [3.8, 4) is 0 Å². The molecule has 1 fully saturated rings. The SMILES string of the molecule is CCCCCC[C@@H](C)/C=C(C)/C=C/C(=O)N[C@H]1C[C@]2(O)C=C(Cl)C(=O)[C@@](Cl)(C2)[C@H]1O. The van der Waals surface area contributed by atoms with Crippen LogP contribution in [0.15, 0.2) is 34.9 Å². The summed E-state index contributed by atoms with van der Waals surface area (Å²) < 4.78 is 0. The van der Waals surface area contributed by atoms with Gasteiger partial charge in [0.2, 0.25) is 5.91 Å². The molecule has 2 aliphatic rings. The van der Waals surface area contributed by atoms with Crippen molar-refractivity contribution in [1.82, 2.24) is 5.32 Å². The summed E-state index contributed by atoms with van der Waals surface area (Å²) in [5.74, 6) is -0.625. The maximum atomic E-state index is 12.4. The van der Waals surface area contributed by atoms with Crippen molar-refractivity contribution in [3.05, 3.63) is 34.9 Å². The number of alkyl halides is 1. The zero-order valence-corrected chi connectivity index (χ0v) is 19.5. The number of hydrogen-bond acceptors (Lipinski definition) is 4. The summed E-state index contributed by atoms with van der Waals surface area (Å²) in [6.45, 7) is 6.30. The van der Waals surface area contributed by atoms with E-state index in [-0.39, 0.29) is 17.9 Å². The van der Waals surface area contributed by atoms with Gasteiger partial charge in [0.05, 0.1) is 16.7 Å². The molecule has 0 radical (unpaired) electrons. The minimum Gasteiger partial charge on any atom is -0.389 e. The van der Waals surface area contributed by atoms with Gasteiger partial charge in [-0.1, -0.05) is 68.9 Å². The quantitative estimate of drug-likeness (QED) is 0.210. The van der Waals surface area contributed by atoms with E-state index < -0.39 is 34.3 Å². The lowest BCUT2D eigenvalue weighted by atomic mass is 9.68. The number of allylic oxidation sites excluding steroid dienone is 4. The first-order valence-corrected chi connectivity index (χ1v) is 11.5. The summed E-state index contributed by atoms with van der Waals surface area (Å²) in [5.41, 5.74) is -0.469. The monoisotopic (exact) mass is 457 g/mol. The fourth-order valence-corrected chi connectivity index (χ4v) is 5.21. The first kappa shape index (κ1) is 25.1. The molecule has 0 saturated heterocycles. The van der Waals surface area contributed by atoms with Gasteiger partial charge in [0.15, 0.2) is 5.78 Å². The molecule has 2 bridgehead atoms. The molecule has 1 amide bonds. The van der Waals surface area contributed by atoms with Crippen molar-refractivity contribution in [3.63, 3.8) is 0 Å². The predicted octanol–water partition coefficient (Wildman–Crippen LogP) is 4.15. The highest BCUT2D eigenvalue weighted by Crippen LogP contribution is 2.47. The molecule has 0 aliphatic heterocycles. The molecule has 2 aliphatic carbocycles. The number of ketones is 1. The maximum absolute atomic E-state index is 12.4. The van der Waals surface area contributed by atoms with Crippen LogP contribution >= 0.6 is 23.2 Å². The van der Waals surface area contributed by atoms with Crippen LogP contribution in [0.4, 0.5) is 0 Å². The van der Waals surface area contributed by atoms with Crippen molar-refractivity contribution in [2.24, 2.45) is 5.92 Å². The molecule has 0 aromatic carbocycles. The minimum absolute atomic E-state index is 0.0231. The first-order chi connectivity index (χ1) is 14.0. The fourth-order valence-electron chi connectivity index (χ4n) is 4.31. The van der Waals surface area contributed by atoms with Crippen LogP contribution in [0, 0.1) is 5.92 Å². The number of carbonyl (C=O) groups is 2. The van der Waals surface area contributed by atoms with Gasteiger partial charge >= 0.3 is 0 Å². The molecule has 7 heteroatoms. The van der Waals surface area contributed by atoms with Gasteiger partial charge in [-0.2, -0.15) is 0 Å². The van der Waals surface area contributed by atoms with Crippen LogP contribution in [0.3, 0.4) is 0 Å². The van der Waals surface area contributed by atoms with E-state index in [1.165, 1.54) is 37.8 Å². The Morgan fingerprint density at radius 3 is 2.73 bits per heavy atom. The van der Waals surface area contributed by atoms with E-state index in [1.54, 1.807) is 6.08 Å². The smallest absolute Gasteiger partial charge is 0.244 e. The number of aliphatic hydroxyl groups excluding tert-OH is 1. The lowest BCUT2D eigenvalue weighted by Crippen LogP contribution is -2.66. The number of unbranched alkanes of at least 4 members (excludes halogenated alkanes) is 3. The van der Waals surface area contributed by atoms with E-state index in [0.717, 1.165) is 12.0 Å². The van der Waals surface area contributed by atoms with Crippen LogP contribution in [0.1, 0.15) is 65.7 Å². The highest BCUT2D eigenvalue weighted by molar-refractivity contribution is 6.51. The van der Waals surface area contributed by atoms with Gasteiger partial charge in [0.25, 0.3) is 0 Å². The van der Waals surface area contributed by atoms with E-state index in [0.29, 0.717) is 5.92 Å². The Morgan fingerprint density at radius 2 is 2.07 bits per heavy atom. The molecule has 0 aromatic rings. The Labute approximate surface area is 189 Å². The maximum Gasteiger partial charge on any atom is 0.244 e. The van der Waals surface area contributed by atoms with Crippen LogP contribution < -0.4 is 5.32 Å². The molecule has 5 nitrogen and oxygen atoms in total. The summed E-state index contributed by atoms with van der Waals surface area (Å²) in [7, 11) is 0. The van der Waals surface area contributed by atoms with Crippen LogP contribution in [-0.4, -0.2) is 44.5 Å².